The second-order valence-electron chi connectivity index (χ2n) is 3.76. The number of hydrogen-bond acceptors (Lipinski definition) is 3. The number of carbonyl (C=O) groups excluding carboxylic acids is 2. The molecule has 2 amide bonds. The number of amides is 2. The number of halogens is 2. The first-order chi connectivity index (χ1) is 9.08. The maximum Gasteiger partial charge on any atom is 0.353 e. The van der Waals surface area contributed by atoms with Crippen LogP contribution in [-0.4, -0.2) is 18.2 Å². The summed E-state index contributed by atoms with van der Waals surface area (Å²) in [6, 6.07) is 8.86. The quantitative estimate of drug-likeness (QED) is 0.840. The Morgan fingerprint density at radius 3 is 2.53 bits per heavy atom. The second kappa shape index (κ2) is 5.95. The van der Waals surface area contributed by atoms with Gasteiger partial charge in [0, 0.05) is 6.54 Å². The minimum atomic E-state index is -1.03. The minimum absolute atomic E-state index is 0.0264. The van der Waals surface area contributed by atoms with Crippen LogP contribution >= 0.6 is 23.2 Å². The number of esters is 1. The van der Waals surface area contributed by atoms with Gasteiger partial charge >= 0.3 is 12.0 Å². The van der Waals surface area contributed by atoms with Gasteiger partial charge in [0.2, 0.25) is 6.23 Å². The lowest BCUT2D eigenvalue weighted by Crippen LogP contribution is -2.42. The van der Waals surface area contributed by atoms with Crippen molar-refractivity contribution in [2.75, 3.05) is 0 Å². The van der Waals surface area contributed by atoms with E-state index in [1.165, 1.54) is 0 Å². The first-order valence-corrected chi connectivity index (χ1v) is 6.18. The van der Waals surface area contributed by atoms with Gasteiger partial charge in [0.15, 0.2) is 0 Å². The summed E-state index contributed by atoms with van der Waals surface area (Å²) >= 11 is 11.3. The first-order valence-electron chi connectivity index (χ1n) is 5.42. The van der Waals surface area contributed by atoms with E-state index >= 15 is 0 Å². The normalized spacial score (nSPS) is 18.2. The molecule has 2 N–H and O–H groups in total. The van der Waals surface area contributed by atoms with E-state index in [1.54, 1.807) is 0 Å². The molecule has 7 heteroatoms. The fourth-order valence-electron chi connectivity index (χ4n) is 1.46. The van der Waals surface area contributed by atoms with Crippen molar-refractivity contribution in [2.45, 2.75) is 12.8 Å². The van der Waals surface area contributed by atoms with Gasteiger partial charge in [0.25, 0.3) is 0 Å². The molecule has 19 heavy (non-hydrogen) atoms. The molecular weight excluding hydrogens is 291 g/mol. The molecule has 1 aromatic carbocycles. The van der Waals surface area contributed by atoms with Crippen molar-refractivity contribution in [3.8, 4) is 0 Å². The zero-order valence-corrected chi connectivity index (χ0v) is 11.2. The van der Waals surface area contributed by atoms with Gasteiger partial charge in [-0.2, -0.15) is 0 Å². The standard InChI is InChI=1S/C12H10Cl2N2O3/c13-8-9(14)11(17)19-10(8)16-12(18)15-6-7-4-2-1-3-5-7/h1-5,10H,6H2,(H2,15,16,18). The van der Waals surface area contributed by atoms with Gasteiger partial charge in [0.05, 0.1) is 0 Å². The molecule has 1 aliphatic rings. The number of benzene rings is 1. The molecule has 1 aliphatic heterocycles. The van der Waals surface area contributed by atoms with Gasteiger partial charge in [-0.3, -0.25) is 5.32 Å². The number of carbonyl (C=O) groups is 2. The molecule has 0 bridgehead atoms. The molecule has 0 fully saturated rings. The number of rotatable bonds is 3. The van der Waals surface area contributed by atoms with Crippen molar-refractivity contribution < 1.29 is 14.3 Å². The molecule has 0 radical (unpaired) electrons. The van der Waals surface area contributed by atoms with Crippen molar-refractivity contribution in [3.63, 3.8) is 0 Å². The lowest BCUT2D eigenvalue weighted by atomic mass is 10.2. The number of nitrogens with one attached hydrogen (secondary N) is 2. The van der Waals surface area contributed by atoms with E-state index < -0.39 is 18.2 Å². The summed E-state index contributed by atoms with van der Waals surface area (Å²) in [6.07, 6.45) is -1.03. The molecule has 1 heterocycles. The van der Waals surface area contributed by atoms with Gasteiger partial charge in [-0.15, -0.1) is 0 Å². The maximum absolute atomic E-state index is 11.6. The van der Waals surface area contributed by atoms with E-state index in [9.17, 15) is 9.59 Å². The first kappa shape index (κ1) is 13.7. The Labute approximate surface area is 119 Å². The highest BCUT2D eigenvalue weighted by molar-refractivity contribution is 6.48. The Kier molecular flexibility index (Phi) is 4.29. The molecule has 0 aliphatic carbocycles. The molecule has 0 spiro atoms. The highest BCUT2D eigenvalue weighted by Crippen LogP contribution is 2.26. The molecular formula is C12H10Cl2N2O3. The molecule has 2 rings (SSSR count). The van der Waals surface area contributed by atoms with Crippen molar-refractivity contribution in [3.05, 3.63) is 46.0 Å². The van der Waals surface area contributed by atoms with Gasteiger partial charge in [-0.05, 0) is 5.56 Å². The lowest BCUT2D eigenvalue weighted by Gasteiger charge is -2.13. The largest absolute Gasteiger partial charge is 0.432 e. The fourth-order valence-corrected chi connectivity index (χ4v) is 1.78. The van der Waals surface area contributed by atoms with Gasteiger partial charge in [-0.25, -0.2) is 9.59 Å². The molecule has 100 valence electrons. The molecule has 1 aromatic rings. The van der Waals surface area contributed by atoms with Crippen LogP contribution in [0.5, 0.6) is 0 Å². The van der Waals surface area contributed by atoms with Crippen molar-refractivity contribution in [2.24, 2.45) is 0 Å². The summed E-state index contributed by atoms with van der Waals surface area (Å²) in [6.45, 7) is 0.350. The molecule has 0 aromatic heterocycles. The predicted octanol–water partition coefficient (Wildman–Crippen LogP) is 2.06. The average molecular weight is 301 g/mol. The summed E-state index contributed by atoms with van der Waals surface area (Å²) in [5.41, 5.74) is 0.945. The monoisotopic (exact) mass is 300 g/mol. The minimum Gasteiger partial charge on any atom is -0.432 e. The Morgan fingerprint density at radius 2 is 1.95 bits per heavy atom. The SMILES string of the molecule is O=C(NCc1ccccc1)NC1OC(=O)C(Cl)=C1Cl. The highest BCUT2D eigenvalue weighted by atomic mass is 35.5. The Balaban J connectivity index is 1.84. The maximum atomic E-state index is 11.6. The van der Waals surface area contributed by atoms with Crippen molar-refractivity contribution >= 4 is 35.2 Å². The number of ether oxygens (including phenoxy) is 1. The van der Waals surface area contributed by atoms with Crippen LogP contribution in [-0.2, 0) is 16.1 Å². The van der Waals surface area contributed by atoms with E-state index in [0.717, 1.165) is 5.56 Å². The lowest BCUT2D eigenvalue weighted by molar-refractivity contribution is -0.139. The Morgan fingerprint density at radius 1 is 1.26 bits per heavy atom. The molecule has 0 saturated heterocycles. The van der Waals surface area contributed by atoms with Crippen LogP contribution in [0.3, 0.4) is 0 Å². The van der Waals surface area contributed by atoms with E-state index in [0.29, 0.717) is 6.54 Å². The van der Waals surface area contributed by atoms with E-state index in [2.05, 4.69) is 10.6 Å². The van der Waals surface area contributed by atoms with Crippen LogP contribution in [0, 0.1) is 0 Å². The van der Waals surface area contributed by atoms with Crippen LogP contribution in [0.25, 0.3) is 0 Å². The fraction of sp³-hybridized carbons (Fsp3) is 0.167. The molecule has 1 unspecified atom stereocenters. The number of cyclic esters (lactones) is 1. The van der Waals surface area contributed by atoms with Crippen LogP contribution in [0.2, 0.25) is 0 Å². The highest BCUT2D eigenvalue weighted by Gasteiger charge is 2.33. The van der Waals surface area contributed by atoms with E-state index in [1.807, 2.05) is 30.3 Å². The van der Waals surface area contributed by atoms with E-state index in [-0.39, 0.29) is 10.1 Å². The predicted molar refractivity (Wildman–Crippen MR) is 70.4 cm³/mol. The molecule has 5 nitrogen and oxygen atoms in total. The Bertz CT molecular complexity index is 531. The van der Waals surface area contributed by atoms with Crippen LogP contribution in [0.4, 0.5) is 4.79 Å². The third-order valence-corrected chi connectivity index (χ3v) is 3.24. The Hall–Kier alpha value is -1.72. The van der Waals surface area contributed by atoms with Gasteiger partial charge < -0.3 is 10.1 Å². The molecule has 0 saturated carbocycles. The van der Waals surface area contributed by atoms with Crippen molar-refractivity contribution in [1.82, 2.24) is 10.6 Å². The molecule has 1 atom stereocenters. The summed E-state index contributed by atoms with van der Waals surface area (Å²) in [5.74, 6) is -0.750. The zero-order chi connectivity index (χ0) is 13.8. The summed E-state index contributed by atoms with van der Waals surface area (Å²) in [7, 11) is 0. The zero-order valence-electron chi connectivity index (χ0n) is 9.65. The van der Waals surface area contributed by atoms with Gasteiger partial charge in [-0.1, -0.05) is 53.5 Å². The summed E-state index contributed by atoms with van der Waals surface area (Å²) < 4.78 is 4.76. The van der Waals surface area contributed by atoms with E-state index in [4.69, 9.17) is 27.9 Å². The third kappa shape index (κ3) is 3.39. The second-order valence-corrected chi connectivity index (χ2v) is 4.55. The smallest absolute Gasteiger partial charge is 0.353 e. The van der Waals surface area contributed by atoms with Crippen LogP contribution in [0.15, 0.2) is 40.4 Å². The van der Waals surface area contributed by atoms with Crippen LogP contribution in [0.1, 0.15) is 5.56 Å². The summed E-state index contributed by atoms with van der Waals surface area (Å²) in [4.78, 5) is 22.7. The summed E-state index contributed by atoms with van der Waals surface area (Å²) in [5, 5.41) is 4.76. The van der Waals surface area contributed by atoms with Crippen molar-refractivity contribution in [1.29, 1.82) is 0 Å². The number of hydrogen-bond donors (Lipinski definition) is 2. The number of urea groups is 1. The third-order valence-electron chi connectivity index (χ3n) is 2.40. The topological polar surface area (TPSA) is 67.4 Å². The average Bonchev–Trinajstić information content (AvgIpc) is 2.65. The van der Waals surface area contributed by atoms with Gasteiger partial charge in [0.1, 0.15) is 10.1 Å². The van der Waals surface area contributed by atoms with Crippen LogP contribution < -0.4 is 10.6 Å².